The summed E-state index contributed by atoms with van der Waals surface area (Å²) in [5, 5.41) is 5.92. The molecule has 0 saturated heterocycles. The van der Waals surface area contributed by atoms with E-state index in [1.807, 2.05) is 14.0 Å². The molecule has 1 aromatic carbocycles. The molecule has 0 radical (unpaired) electrons. The minimum absolute atomic E-state index is 0.0118. The highest BCUT2D eigenvalue weighted by atomic mass is 32.2. The predicted octanol–water partition coefficient (Wildman–Crippen LogP) is 1.25. The zero-order chi connectivity index (χ0) is 13.1. The van der Waals surface area contributed by atoms with Gasteiger partial charge in [0, 0.05) is 18.8 Å². The van der Waals surface area contributed by atoms with Gasteiger partial charge in [-0.3, -0.25) is 0 Å². The van der Waals surface area contributed by atoms with Crippen molar-refractivity contribution >= 4 is 15.5 Å². The third-order valence-electron chi connectivity index (χ3n) is 2.46. The van der Waals surface area contributed by atoms with E-state index in [-0.39, 0.29) is 10.9 Å². The summed E-state index contributed by atoms with van der Waals surface area (Å²) in [7, 11) is -1.54. The molecule has 0 aliphatic heterocycles. The molecule has 1 rings (SSSR count). The van der Waals surface area contributed by atoms with E-state index >= 15 is 0 Å². The van der Waals surface area contributed by atoms with E-state index in [9.17, 15) is 12.8 Å². The molecule has 0 saturated carbocycles. The lowest BCUT2D eigenvalue weighted by Gasteiger charge is -2.13. The molecular formula is C11H17FN2O2S. The van der Waals surface area contributed by atoms with E-state index in [0.29, 0.717) is 12.2 Å². The Morgan fingerprint density at radius 1 is 1.41 bits per heavy atom. The third kappa shape index (κ3) is 3.98. The first-order chi connectivity index (χ1) is 7.84. The molecule has 0 aromatic heterocycles. The van der Waals surface area contributed by atoms with Crippen LogP contribution in [0.25, 0.3) is 0 Å². The molecule has 0 amide bonds. The van der Waals surface area contributed by atoms with Gasteiger partial charge in [0.05, 0.1) is 10.6 Å². The molecule has 17 heavy (non-hydrogen) atoms. The molecule has 96 valence electrons. The second-order valence-corrected chi connectivity index (χ2v) is 6.00. The maximum atomic E-state index is 13.6. The van der Waals surface area contributed by atoms with Gasteiger partial charge in [-0.15, -0.1) is 0 Å². The van der Waals surface area contributed by atoms with Crippen molar-refractivity contribution in [1.29, 1.82) is 0 Å². The Kier molecular flexibility index (Phi) is 4.47. The number of likely N-dealkylation sites (N-methyl/N-ethyl adjacent to an activating group) is 1. The molecule has 0 aliphatic rings. The monoisotopic (exact) mass is 260 g/mol. The Bertz CT molecular complexity index is 488. The summed E-state index contributed by atoms with van der Waals surface area (Å²) in [6, 6.07) is 4.06. The van der Waals surface area contributed by atoms with Crippen molar-refractivity contribution in [2.75, 3.05) is 25.2 Å². The Morgan fingerprint density at radius 2 is 2.06 bits per heavy atom. The Labute approximate surface area is 101 Å². The van der Waals surface area contributed by atoms with Crippen LogP contribution in [0.4, 0.5) is 10.1 Å². The highest BCUT2D eigenvalue weighted by molar-refractivity contribution is 7.90. The van der Waals surface area contributed by atoms with Crippen LogP contribution in [0.3, 0.4) is 0 Å². The van der Waals surface area contributed by atoms with E-state index in [0.717, 1.165) is 12.3 Å². The van der Waals surface area contributed by atoms with Gasteiger partial charge in [-0.1, -0.05) is 0 Å². The number of hydrogen-bond donors (Lipinski definition) is 2. The topological polar surface area (TPSA) is 58.2 Å². The maximum absolute atomic E-state index is 13.6. The molecule has 6 heteroatoms. The molecule has 2 N–H and O–H groups in total. The molecule has 0 spiro atoms. The van der Waals surface area contributed by atoms with Crippen molar-refractivity contribution in [3.8, 4) is 0 Å². The van der Waals surface area contributed by atoms with Crippen molar-refractivity contribution < 1.29 is 12.8 Å². The first-order valence-electron chi connectivity index (χ1n) is 5.25. The number of benzene rings is 1. The van der Waals surface area contributed by atoms with Crippen LogP contribution in [-0.4, -0.2) is 34.3 Å². The lowest BCUT2D eigenvalue weighted by molar-refractivity contribution is 0.595. The summed E-state index contributed by atoms with van der Waals surface area (Å²) in [4.78, 5) is -0.0118. The third-order valence-corrected chi connectivity index (χ3v) is 3.57. The minimum atomic E-state index is -3.36. The summed E-state index contributed by atoms with van der Waals surface area (Å²) < 4.78 is 36.0. The highest BCUT2D eigenvalue weighted by Crippen LogP contribution is 2.18. The maximum Gasteiger partial charge on any atom is 0.175 e. The van der Waals surface area contributed by atoms with Gasteiger partial charge in [0.2, 0.25) is 0 Å². The number of nitrogens with one attached hydrogen (secondary N) is 2. The molecule has 4 nitrogen and oxygen atoms in total. The zero-order valence-corrected chi connectivity index (χ0v) is 10.9. The first-order valence-corrected chi connectivity index (χ1v) is 7.14. The van der Waals surface area contributed by atoms with Crippen LogP contribution in [-0.2, 0) is 9.84 Å². The van der Waals surface area contributed by atoms with Gasteiger partial charge in [0.25, 0.3) is 0 Å². The number of rotatable bonds is 5. The van der Waals surface area contributed by atoms with Gasteiger partial charge < -0.3 is 10.6 Å². The van der Waals surface area contributed by atoms with Gasteiger partial charge in [-0.2, -0.15) is 0 Å². The fraction of sp³-hybridized carbons (Fsp3) is 0.455. The van der Waals surface area contributed by atoms with Crippen LogP contribution in [0.2, 0.25) is 0 Å². The van der Waals surface area contributed by atoms with E-state index in [4.69, 9.17) is 0 Å². The predicted molar refractivity (Wildman–Crippen MR) is 66.5 cm³/mol. The Morgan fingerprint density at radius 3 is 2.53 bits per heavy atom. The SMILES string of the molecule is CNC(C)CNc1ccc(S(C)(=O)=O)cc1F. The van der Waals surface area contributed by atoms with Gasteiger partial charge in [0.15, 0.2) is 9.84 Å². The fourth-order valence-electron chi connectivity index (χ4n) is 1.23. The molecular weight excluding hydrogens is 243 g/mol. The average molecular weight is 260 g/mol. The number of anilines is 1. The quantitative estimate of drug-likeness (QED) is 0.836. The van der Waals surface area contributed by atoms with E-state index < -0.39 is 15.7 Å². The lowest BCUT2D eigenvalue weighted by Crippen LogP contribution is -2.29. The van der Waals surface area contributed by atoms with E-state index in [1.54, 1.807) is 0 Å². The smallest absolute Gasteiger partial charge is 0.175 e. The summed E-state index contributed by atoms with van der Waals surface area (Å²) in [5.74, 6) is -0.559. The molecule has 0 fully saturated rings. The van der Waals surface area contributed by atoms with Crippen LogP contribution in [0.15, 0.2) is 23.1 Å². The van der Waals surface area contributed by atoms with Crippen molar-refractivity contribution in [2.45, 2.75) is 17.9 Å². The minimum Gasteiger partial charge on any atom is -0.381 e. The Hall–Kier alpha value is -1.14. The second-order valence-electron chi connectivity index (χ2n) is 3.98. The van der Waals surface area contributed by atoms with Crippen LogP contribution in [0, 0.1) is 5.82 Å². The number of sulfone groups is 1. The molecule has 1 atom stereocenters. The summed E-state index contributed by atoms with van der Waals surface area (Å²) in [6.45, 7) is 2.52. The van der Waals surface area contributed by atoms with Crippen molar-refractivity contribution in [3.05, 3.63) is 24.0 Å². The van der Waals surface area contributed by atoms with Gasteiger partial charge in [-0.05, 0) is 32.2 Å². The standard InChI is InChI=1S/C11H17FN2O2S/c1-8(13-2)7-14-11-5-4-9(6-10(11)12)17(3,15)16/h4-6,8,13-14H,7H2,1-3H3. The lowest BCUT2D eigenvalue weighted by atomic mass is 10.2. The molecule has 1 unspecified atom stereocenters. The van der Waals surface area contributed by atoms with E-state index in [1.165, 1.54) is 12.1 Å². The molecule has 1 aromatic rings. The first kappa shape index (κ1) is 13.9. The van der Waals surface area contributed by atoms with Gasteiger partial charge in [0.1, 0.15) is 5.82 Å². The molecule has 0 bridgehead atoms. The normalized spacial score (nSPS) is 13.4. The Balaban J connectivity index is 2.84. The fourth-order valence-corrected chi connectivity index (χ4v) is 1.87. The second kappa shape index (κ2) is 5.46. The van der Waals surface area contributed by atoms with Crippen molar-refractivity contribution in [3.63, 3.8) is 0 Å². The number of halogens is 1. The van der Waals surface area contributed by atoms with Crippen LogP contribution in [0.5, 0.6) is 0 Å². The van der Waals surface area contributed by atoms with Gasteiger partial charge >= 0.3 is 0 Å². The largest absolute Gasteiger partial charge is 0.381 e. The zero-order valence-electron chi connectivity index (χ0n) is 10.1. The van der Waals surface area contributed by atoms with E-state index in [2.05, 4.69) is 10.6 Å². The summed E-state index contributed by atoms with van der Waals surface area (Å²) in [6.07, 6.45) is 1.05. The number of hydrogen-bond acceptors (Lipinski definition) is 4. The summed E-state index contributed by atoms with van der Waals surface area (Å²) in [5.41, 5.74) is 0.305. The highest BCUT2D eigenvalue weighted by Gasteiger charge is 2.11. The van der Waals surface area contributed by atoms with Crippen LogP contribution in [0.1, 0.15) is 6.92 Å². The van der Waals surface area contributed by atoms with Crippen molar-refractivity contribution in [2.24, 2.45) is 0 Å². The molecule has 0 aliphatic carbocycles. The average Bonchev–Trinajstić information content (AvgIpc) is 2.25. The summed E-state index contributed by atoms with van der Waals surface area (Å²) >= 11 is 0. The van der Waals surface area contributed by atoms with Crippen molar-refractivity contribution in [1.82, 2.24) is 5.32 Å². The van der Waals surface area contributed by atoms with Crippen LogP contribution >= 0.6 is 0 Å². The molecule has 0 heterocycles. The van der Waals surface area contributed by atoms with Crippen LogP contribution < -0.4 is 10.6 Å². The van der Waals surface area contributed by atoms with Gasteiger partial charge in [-0.25, -0.2) is 12.8 Å².